The van der Waals surface area contributed by atoms with Crippen molar-refractivity contribution in [3.8, 4) is 0 Å². The van der Waals surface area contributed by atoms with Crippen LogP contribution in [0.1, 0.15) is 12.8 Å². The highest BCUT2D eigenvalue weighted by molar-refractivity contribution is 7.91. The second kappa shape index (κ2) is 6.27. The lowest BCUT2D eigenvalue weighted by atomic mass is 10.3. The molecule has 106 valence electrons. The minimum absolute atomic E-state index is 0. The second-order valence-corrected chi connectivity index (χ2v) is 6.11. The lowest BCUT2D eigenvalue weighted by molar-refractivity contribution is -0.388. The Bertz CT molecular complexity index is 558. The number of hydrogen-bond acceptors (Lipinski definition) is 6. The molecule has 0 spiro atoms. The first-order chi connectivity index (χ1) is 8.50. The van der Waals surface area contributed by atoms with Crippen LogP contribution in [0.25, 0.3) is 0 Å². The molecule has 1 aromatic rings. The average Bonchev–Trinajstić information content (AvgIpc) is 2.81. The maximum absolute atomic E-state index is 12.1. The Balaban J connectivity index is 0.00000180. The van der Waals surface area contributed by atoms with Gasteiger partial charge in [0.25, 0.3) is 0 Å². The fourth-order valence-corrected chi connectivity index (χ4v) is 3.66. The van der Waals surface area contributed by atoms with E-state index in [1.54, 1.807) is 0 Å². The predicted molar refractivity (Wildman–Crippen MR) is 71.2 cm³/mol. The molecule has 0 bridgehead atoms. The van der Waals surface area contributed by atoms with E-state index in [4.69, 9.17) is 0 Å². The molecule has 0 saturated carbocycles. The first-order valence-electron chi connectivity index (χ1n) is 5.56. The van der Waals surface area contributed by atoms with Gasteiger partial charge in [-0.25, -0.2) is 13.4 Å². The van der Waals surface area contributed by atoms with Crippen LogP contribution >= 0.6 is 12.4 Å². The molecule has 0 radical (unpaired) electrons. The molecule has 2 rings (SSSR count). The summed E-state index contributed by atoms with van der Waals surface area (Å²) in [6.07, 6.45) is 2.94. The minimum atomic E-state index is -3.73. The summed E-state index contributed by atoms with van der Waals surface area (Å²) in [7, 11) is -3.73. The maximum Gasteiger partial charge on any atom is 0.306 e. The molecule has 0 amide bonds. The molecule has 1 fully saturated rings. The number of pyridine rings is 1. The van der Waals surface area contributed by atoms with Gasteiger partial charge in [0.05, 0.1) is 10.7 Å². The maximum atomic E-state index is 12.1. The van der Waals surface area contributed by atoms with Crippen LogP contribution in [-0.4, -0.2) is 36.7 Å². The normalized spacial score (nSPS) is 18.8. The van der Waals surface area contributed by atoms with E-state index in [2.05, 4.69) is 10.3 Å². The summed E-state index contributed by atoms with van der Waals surface area (Å²) in [4.78, 5) is 13.7. The molecular weight excluding hydrogens is 294 g/mol. The van der Waals surface area contributed by atoms with Gasteiger partial charge in [0.2, 0.25) is 14.9 Å². The lowest BCUT2D eigenvalue weighted by Crippen LogP contribution is -2.30. The number of nitrogens with zero attached hydrogens (tertiary/aromatic N) is 2. The van der Waals surface area contributed by atoms with Gasteiger partial charge in [-0.15, -0.1) is 12.4 Å². The zero-order valence-corrected chi connectivity index (χ0v) is 11.6. The monoisotopic (exact) mass is 307 g/mol. The molecule has 1 atom stereocenters. The van der Waals surface area contributed by atoms with Crippen molar-refractivity contribution in [1.82, 2.24) is 10.3 Å². The lowest BCUT2D eigenvalue weighted by Gasteiger charge is -2.10. The second-order valence-electron chi connectivity index (χ2n) is 4.16. The summed E-state index contributed by atoms with van der Waals surface area (Å²) in [6.45, 7) is 0.782. The number of nitrogens with one attached hydrogen (secondary N) is 1. The van der Waals surface area contributed by atoms with Crippen molar-refractivity contribution < 1.29 is 13.3 Å². The Morgan fingerprint density at radius 2 is 2.26 bits per heavy atom. The molecule has 1 aliphatic rings. The Hall–Kier alpha value is -1.25. The highest BCUT2D eigenvalue weighted by Crippen LogP contribution is 2.23. The Morgan fingerprint density at radius 3 is 2.84 bits per heavy atom. The summed E-state index contributed by atoms with van der Waals surface area (Å²) < 4.78 is 24.2. The van der Waals surface area contributed by atoms with Crippen molar-refractivity contribution in [2.45, 2.75) is 23.9 Å². The van der Waals surface area contributed by atoms with E-state index in [0.717, 1.165) is 25.5 Å². The largest absolute Gasteiger partial charge is 0.313 e. The molecule has 19 heavy (non-hydrogen) atoms. The number of hydrogen-bond donors (Lipinski definition) is 1. The standard InChI is InChI=1S/C10H13N3O4S.ClH/c14-13(15)9-4-2-6-12-10(9)18(16,17)7-8-3-1-5-11-8;/h2,4,6,8,11H,1,3,5,7H2;1H. The smallest absolute Gasteiger partial charge is 0.306 e. The quantitative estimate of drug-likeness (QED) is 0.656. The fourth-order valence-electron chi connectivity index (χ4n) is 2.00. The third-order valence-electron chi connectivity index (χ3n) is 2.83. The third kappa shape index (κ3) is 3.62. The summed E-state index contributed by atoms with van der Waals surface area (Å²) in [5.41, 5.74) is -0.463. The topological polar surface area (TPSA) is 102 Å². The van der Waals surface area contributed by atoms with E-state index in [-0.39, 0.29) is 24.2 Å². The number of sulfone groups is 1. The molecular formula is C10H14ClN3O4S. The van der Waals surface area contributed by atoms with Crippen molar-refractivity contribution in [2.75, 3.05) is 12.3 Å². The van der Waals surface area contributed by atoms with E-state index < -0.39 is 25.5 Å². The number of aromatic nitrogens is 1. The molecule has 1 unspecified atom stereocenters. The van der Waals surface area contributed by atoms with Crippen molar-refractivity contribution >= 4 is 27.9 Å². The van der Waals surface area contributed by atoms with Gasteiger partial charge in [0.15, 0.2) is 0 Å². The van der Waals surface area contributed by atoms with Crippen LogP contribution in [0.4, 0.5) is 5.69 Å². The molecule has 7 nitrogen and oxygen atoms in total. The Morgan fingerprint density at radius 1 is 1.53 bits per heavy atom. The summed E-state index contributed by atoms with van der Waals surface area (Å²) in [5.74, 6) is -0.148. The van der Waals surface area contributed by atoms with Crippen molar-refractivity contribution in [1.29, 1.82) is 0 Å². The Labute approximate surface area is 116 Å². The molecule has 1 aromatic heterocycles. The van der Waals surface area contributed by atoms with Crippen LogP contribution < -0.4 is 5.32 Å². The minimum Gasteiger partial charge on any atom is -0.313 e. The van der Waals surface area contributed by atoms with Crippen molar-refractivity contribution in [2.24, 2.45) is 0 Å². The molecule has 2 heterocycles. The van der Waals surface area contributed by atoms with E-state index in [0.29, 0.717) is 0 Å². The van der Waals surface area contributed by atoms with Crippen LogP contribution in [0.2, 0.25) is 0 Å². The SMILES string of the molecule is Cl.O=[N+]([O-])c1cccnc1S(=O)(=O)CC1CCCN1. The van der Waals surface area contributed by atoms with Crippen LogP contribution in [0.3, 0.4) is 0 Å². The van der Waals surface area contributed by atoms with Crippen LogP contribution in [-0.2, 0) is 9.84 Å². The number of halogens is 1. The van der Waals surface area contributed by atoms with Gasteiger partial charge in [-0.05, 0) is 25.5 Å². The summed E-state index contributed by atoms with van der Waals surface area (Å²) in [5, 5.41) is 13.4. The highest BCUT2D eigenvalue weighted by Gasteiger charge is 2.30. The molecule has 9 heteroatoms. The first kappa shape index (κ1) is 15.8. The van der Waals surface area contributed by atoms with Gasteiger partial charge in [-0.3, -0.25) is 10.1 Å². The zero-order valence-electron chi connectivity index (χ0n) is 9.98. The number of nitro groups is 1. The van der Waals surface area contributed by atoms with Crippen LogP contribution in [0.15, 0.2) is 23.4 Å². The predicted octanol–water partition coefficient (Wildman–Crippen LogP) is 0.937. The molecule has 0 aromatic carbocycles. The Kier molecular flexibility index (Phi) is 5.21. The van der Waals surface area contributed by atoms with E-state index in [1.807, 2.05) is 0 Å². The van der Waals surface area contributed by atoms with Crippen molar-refractivity contribution in [3.63, 3.8) is 0 Å². The van der Waals surface area contributed by atoms with Gasteiger partial charge in [0, 0.05) is 18.3 Å². The fraction of sp³-hybridized carbons (Fsp3) is 0.500. The molecule has 1 saturated heterocycles. The number of rotatable bonds is 4. The van der Waals surface area contributed by atoms with E-state index >= 15 is 0 Å². The van der Waals surface area contributed by atoms with Crippen LogP contribution in [0, 0.1) is 10.1 Å². The molecule has 1 aliphatic heterocycles. The van der Waals surface area contributed by atoms with Gasteiger partial charge < -0.3 is 5.32 Å². The summed E-state index contributed by atoms with van der Waals surface area (Å²) >= 11 is 0. The van der Waals surface area contributed by atoms with Crippen LogP contribution in [0.5, 0.6) is 0 Å². The third-order valence-corrected chi connectivity index (χ3v) is 4.57. The summed E-state index contributed by atoms with van der Waals surface area (Å²) in [6, 6.07) is 2.36. The first-order valence-corrected chi connectivity index (χ1v) is 7.21. The van der Waals surface area contributed by atoms with Gasteiger partial charge in [-0.1, -0.05) is 0 Å². The van der Waals surface area contributed by atoms with Gasteiger partial charge in [0.1, 0.15) is 0 Å². The van der Waals surface area contributed by atoms with E-state index in [1.165, 1.54) is 12.3 Å². The zero-order chi connectivity index (χ0) is 13.2. The van der Waals surface area contributed by atoms with E-state index in [9.17, 15) is 18.5 Å². The van der Waals surface area contributed by atoms with Gasteiger partial charge in [-0.2, -0.15) is 0 Å². The van der Waals surface area contributed by atoms with Gasteiger partial charge >= 0.3 is 5.69 Å². The molecule has 0 aliphatic carbocycles. The van der Waals surface area contributed by atoms with Crippen molar-refractivity contribution in [3.05, 3.63) is 28.4 Å². The average molecular weight is 308 g/mol. The highest BCUT2D eigenvalue weighted by atomic mass is 35.5. The molecule has 1 N–H and O–H groups in total.